The molecule has 6 heteroatoms. The highest BCUT2D eigenvalue weighted by molar-refractivity contribution is 5.73. The van der Waals surface area contributed by atoms with E-state index in [4.69, 9.17) is 0 Å². The highest BCUT2D eigenvalue weighted by Crippen LogP contribution is 2.17. The smallest absolute Gasteiger partial charge is 0.314 e. The van der Waals surface area contributed by atoms with E-state index in [1.165, 1.54) is 5.56 Å². The van der Waals surface area contributed by atoms with Gasteiger partial charge >= 0.3 is 6.03 Å². The van der Waals surface area contributed by atoms with Crippen molar-refractivity contribution in [1.82, 2.24) is 25.1 Å². The maximum atomic E-state index is 11.8. The zero-order chi connectivity index (χ0) is 16.6. The molecule has 128 valence electrons. The maximum Gasteiger partial charge on any atom is 0.314 e. The van der Waals surface area contributed by atoms with E-state index >= 15 is 0 Å². The third-order valence-electron chi connectivity index (χ3n) is 4.39. The van der Waals surface area contributed by atoms with Crippen molar-refractivity contribution in [2.45, 2.75) is 19.5 Å². The molecule has 1 atom stereocenters. The summed E-state index contributed by atoms with van der Waals surface area (Å²) in [4.78, 5) is 18.3. The Morgan fingerprint density at radius 3 is 2.92 bits per heavy atom. The van der Waals surface area contributed by atoms with Crippen LogP contribution in [0.1, 0.15) is 12.0 Å². The number of urea groups is 1. The van der Waals surface area contributed by atoms with E-state index in [2.05, 4.69) is 44.8 Å². The Bertz CT molecular complexity index is 614. The van der Waals surface area contributed by atoms with Gasteiger partial charge in [0.1, 0.15) is 0 Å². The Kier molecular flexibility index (Phi) is 5.85. The minimum Gasteiger partial charge on any atom is -0.338 e. The van der Waals surface area contributed by atoms with E-state index in [0.717, 1.165) is 39.1 Å². The first kappa shape index (κ1) is 16.5. The first-order valence-electron chi connectivity index (χ1n) is 8.53. The van der Waals surface area contributed by atoms with Crippen LogP contribution in [0.15, 0.2) is 49.1 Å². The van der Waals surface area contributed by atoms with Gasteiger partial charge in [-0.15, -0.1) is 0 Å². The zero-order valence-electron chi connectivity index (χ0n) is 13.9. The molecule has 3 rings (SSSR count). The topological polar surface area (TPSA) is 62.2 Å². The number of benzene rings is 1. The van der Waals surface area contributed by atoms with Gasteiger partial charge in [0.2, 0.25) is 0 Å². The largest absolute Gasteiger partial charge is 0.338 e. The summed E-state index contributed by atoms with van der Waals surface area (Å²) < 4.78 is 1.94. The van der Waals surface area contributed by atoms with Crippen LogP contribution in [0.25, 0.3) is 0 Å². The lowest BCUT2D eigenvalue weighted by atomic mass is 10.1. The number of nitrogens with zero attached hydrogens (tertiary/aromatic N) is 3. The summed E-state index contributed by atoms with van der Waals surface area (Å²) in [6.45, 7) is 5.22. The van der Waals surface area contributed by atoms with Gasteiger partial charge in [-0.2, -0.15) is 0 Å². The fourth-order valence-electron chi connectivity index (χ4n) is 3.08. The van der Waals surface area contributed by atoms with Crippen molar-refractivity contribution in [3.05, 3.63) is 54.6 Å². The van der Waals surface area contributed by atoms with Crippen molar-refractivity contribution in [3.8, 4) is 0 Å². The predicted octanol–water partition coefficient (Wildman–Crippen LogP) is 1.70. The highest BCUT2D eigenvalue weighted by Gasteiger charge is 2.22. The Hall–Kier alpha value is -2.34. The van der Waals surface area contributed by atoms with Crippen molar-refractivity contribution in [3.63, 3.8) is 0 Å². The van der Waals surface area contributed by atoms with Gasteiger partial charge in [-0.05, 0) is 24.4 Å². The lowest BCUT2D eigenvalue weighted by molar-refractivity contribution is 0.238. The van der Waals surface area contributed by atoms with Gasteiger partial charge in [0.05, 0.1) is 6.33 Å². The molecule has 1 aliphatic rings. The quantitative estimate of drug-likeness (QED) is 0.814. The van der Waals surface area contributed by atoms with Gasteiger partial charge in [-0.25, -0.2) is 9.78 Å². The summed E-state index contributed by atoms with van der Waals surface area (Å²) in [5.74, 6) is 0.535. The number of likely N-dealkylation sites (tertiary alicyclic amines) is 1. The fraction of sp³-hybridized carbons (Fsp3) is 0.444. The minimum absolute atomic E-state index is 0.0865. The molecule has 0 aliphatic carbocycles. The van der Waals surface area contributed by atoms with E-state index in [9.17, 15) is 4.79 Å². The fourth-order valence-corrected chi connectivity index (χ4v) is 3.08. The molecule has 1 aromatic heterocycles. The van der Waals surface area contributed by atoms with Gasteiger partial charge in [-0.3, -0.25) is 4.90 Å². The van der Waals surface area contributed by atoms with Crippen molar-refractivity contribution in [1.29, 1.82) is 0 Å². The Balaban J connectivity index is 1.30. The number of hydrogen-bond acceptors (Lipinski definition) is 3. The molecular weight excluding hydrogens is 302 g/mol. The van der Waals surface area contributed by atoms with Crippen LogP contribution in [0, 0.1) is 5.92 Å². The standard InChI is InChI=1S/C18H25N5O/c24-18(20-8-11-22-10-7-19-15-22)21-12-17-6-9-23(14-17)13-16-4-2-1-3-5-16/h1-5,7,10,15,17H,6,8-9,11-14H2,(H2,20,21,24)/t17-/m1/s1. The van der Waals surface area contributed by atoms with Crippen molar-refractivity contribution < 1.29 is 4.79 Å². The Morgan fingerprint density at radius 2 is 2.12 bits per heavy atom. The SMILES string of the molecule is O=C(NCCn1ccnc1)NC[C@H]1CCN(Cc2ccccc2)C1. The average molecular weight is 327 g/mol. The number of aromatic nitrogens is 2. The van der Waals surface area contributed by atoms with Crippen LogP contribution in [-0.4, -0.2) is 46.7 Å². The van der Waals surface area contributed by atoms with Crippen LogP contribution >= 0.6 is 0 Å². The number of carbonyl (C=O) groups excluding carboxylic acids is 1. The van der Waals surface area contributed by atoms with Crippen LogP contribution in [0.2, 0.25) is 0 Å². The van der Waals surface area contributed by atoms with Gasteiger partial charge < -0.3 is 15.2 Å². The third kappa shape index (κ3) is 5.09. The molecule has 0 unspecified atom stereocenters. The summed E-state index contributed by atoms with van der Waals surface area (Å²) in [5, 5.41) is 5.87. The Morgan fingerprint density at radius 1 is 1.25 bits per heavy atom. The van der Waals surface area contributed by atoms with Crippen molar-refractivity contribution in [2.75, 3.05) is 26.2 Å². The summed E-state index contributed by atoms with van der Waals surface area (Å²) in [6, 6.07) is 10.5. The van der Waals surface area contributed by atoms with Crippen molar-refractivity contribution in [2.24, 2.45) is 5.92 Å². The molecule has 1 saturated heterocycles. The molecule has 2 amide bonds. The van der Waals surface area contributed by atoms with E-state index in [1.807, 2.05) is 16.8 Å². The van der Waals surface area contributed by atoms with E-state index in [0.29, 0.717) is 12.5 Å². The van der Waals surface area contributed by atoms with Gasteiger partial charge in [-0.1, -0.05) is 30.3 Å². The summed E-state index contributed by atoms with van der Waals surface area (Å²) in [6.07, 6.45) is 6.52. The monoisotopic (exact) mass is 327 g/mol. The normalized spacial score (nSPS) is 17.8. The molecular formula is C18H25N5O. The molecule has 0 saturated carbocycles. The maximum absolute atomic E-state index is 11.8. The van der Waals surface area contributed by atoms with Crippen LogP contribution in [-0.2, 0) is 13.1 Å². The summed E-state index contributed by atoms with van der Waals surface area (Å²) in [7, 11) is 0. The van der Waals surface area contributed by atoms with Crippen LogP contribution < -0.4 is 10.6 Å². The second kappa shape index (κ2) is 8.49. The number of carbonyl (C=O) groups is 1. The van der Waals surface area contributed by atoms with Crippen LogP contribution in [0.3, 0.4) is 0 Å². The molecule has 0 spiro atoms. The number of imidazole rings is 1. The molecule has 1 aromatic carbocycles. The first-order chi connectivity index (χ1) is 11.8. The molecule has 2 N–H and O–H groups in total. The van der Waals surface area contributed by atoms with Gasteiger partial charge in [0, 0.05) is 45.1 Å². The molecule has 2 heterocycles. The van der Waals surface area contributed by atoms with Gasteiger partial charge in [0.15, 0.2) is 0 Å². The number of nitrogens with one attached hydrogen (secondary N) is 2. The molecule has 1 fully saturated rings. The van der Waals surface area contributed by atoms with E-state index < -0.39 is 0 Å². The predicted molar refractivity (Wildman–Crippen MR) is 93.5 cm³/mol. The second-order valence-corrected chi connectivity index (χ2v) is 6.31. The van der Waals surface area contributed by atoms with E-state index in [1.54, 1.807) is 12.5 Å². The van der Waals surface area contributed by atoms with E-state index in [-0.39, 0.29) is 6.03 Å². The van der Waals surface area contributed by atoms with Crippen LogP contribution in [0.4, 0.5) is 4.79 Å². The molecule has 0 bridgehead atoms. The number of rotatable bonds is 7. The Labute approximate surface area is 142 Å². The lowest BCUT2D eigenvalue weighted by Gasteiger charge is -2.16. The second-order valence-electron chi connectivity index (χ2n) is 6.31. The average Bonchev–Trinajstić information content (AvgIpc) is 3.26. The van der Waals surface area contributed by atoms with Crippen LogP contribution in [0.5, 0.6) is 0 Å². The first-order valence-corrected chi connectivity index (χ1v) is 8.53. The molecule has 0 radical (unpaired) electrons. The number of amides is 2. The number of hydrogen-bond donors (Lipinski definition) is 2. The van der Waals surface area contributed by atoms with Gasteiger partial charge in [0.25, 0.3) is 0 Å². The summed E-state index contributed by atoms with van der Waals surface area (Å²) >= 11 is 0. The third-order valence-corrected chi connectivity index (χ3v) is 4.39. The summed E-state index contributed by atoms with van der Waals surface area (Å²) in [5.41, 5.74) is 1.35. The molecule has 1 aliphatic heterocycles. The zero-order valence-corrected chi connectivity index (χ0v) is 13.9. The molecule has 6 nitrogen and oxygen atoms in total. The highest BCUT2D eigenvalue weighted by atomic mass is 16.2. The lowest BCUT2D eigenvalue weighted by Crippen LogP contribution is -2.40. The van der Waals surface area contributed by atoms with Crippen molar-refractivity contribution >= 4 is 6.03 Å². The molecule has 2 aromatic rings. The molecule has 24 heavy (non-hydrogen) atoms. The minimum atomic E-state index is -0.0865.